The monoisotopic (exact) mass is 450 g/mol. The summed E-state index contributed by atoms with van der Waals surface area (Å²) in [6.07, 6.45) is 4.04. The number of carboxylic acids is 1. The molecule has 7 heteroatoms. The Morgan fingerprint density at radius 3 is 2.53 bits per heavy atom. The van der Waals surface area contributed by atoms with Crippen molar-refractivity contribution in [2.75, 3.05) is 6.54 Å². The number of aromatic carboxylic acids is 1. The van der Waals surface area contributed by atoms with Crippen molar-refractivity contribution in [2.45, 2.75) is 58.7 Å². The van der Waals surface area contributed by atoms with Crippen LogP contribution < -0.4 is 5.56 Å². The smallest absolute Gasteiger partial charge is 0.335 e. The van der Waals surface area contributed by atoms with Crippen molar-refractivity contribution in [1.29, 1.82) is 0 Å². The Balaban J connectivity index is 1.83. The van der Waals surface area contributed by atoms with Crippen LogP contribution in [0.15, 0.2) is 35.1 Å². The molecule has 162 valence electrons. The number of nitrogens with zero attached hydrogens (tertiary/aromatic N) is 2. The molecule has 1 aromatic heterocycles. The lowest BCUT2D eigenvalue weighted by molar-refractivity contribution is 0.0697. The third kappa shape index (κ3) is 5.45. The van der Waals surface area contributed by atoms with Gasteiger partial charge in [-0.25, -0.2) is 4.79 Å². The highest BCUT2D eigenvalue weighted by molar-refractivity contribution is 6.34. The fourth-order valence-electron chi connectivity index (χ4n) is 4.20. The maximum atomic E-state index is 12.8. The Morgan fingerprint density at radius 2 is 1.90 bits per heavy atom. The minimum atomic E-state index is -0.955. The Labute approximate surface area is 187 Å². The van der Waals surface area contributed by atoms with Crippen molar-refractivity contribution >= 4 is 29.2 Å². The molecule has 0 amide bonds. The van der Waals surface area contributed by atoms with Gasteiger partial charge in [0.25, 0.3) is 5.56 Å². The first-order chi connectivity index (χ1) is 14.3. The first-order valence-corrected chi connectivity index (χ1v) is 11.2. The molecule has 0 spiro atoms. The van der Waals surface area contributed by atoms with E-state index >= 15 is 0 Å². The molecular weight excluding hydrogens is 423 g/mol. The van der Waals surface area contributed by atoms with Gasteiger partial charge in [0.2, 0.25) is 0 Å². The molecule has 2 aromatic rings. The standard InChI is InChI=1S/C23H28Cl2N2O3/c1-15(2)12-18-4-3-10-26(18)14-21-19(24)13-20(25)22(28)27(21)11-9-16-5-7-17(8-6-16)23(29)30/h5-8,13,15,18H,3-4,9-12,14H2,1-2H3,(H,29,30)/t18-/m1/s1. The van der Waals surface area contributed by atoms with Gasteiger partial charge >= 0.3 is 5.97 Å². The van der Waals surface area contributed by atoms with Gasteiger partial charge in [-0.1, -0.05) is 49.2 Å². The van der Waals surface area contributed by atoms with Crippen molar-refractivity contribution in [2.24, 2.45) is 5.92 Å². The van der Waals surface area contributed by atoms with Crippen molar-refractivity contribution in [3.8, 4) is 0 Å². The average Bonchev–Trinajstić information content (AvgIpc) is 3.12. The molecule has 3 rings (SSSR count). The van der Waals surface area contributed by atoms with Crippen LogP contribution in [0.4, 0.5) is 0 Å². The number of aromatic nitrogens is 1. The molecule has 1 aromatic carbocycles. The normalized spacial score (nSPS) is 17.0. The second-order valence-electron chi connectivity index (χ2n) is 8.39. The van der Waals surface area contributed by atoms with E-state index in [1.54, 1.807) is 34.9 Å². The molecule has 0 bridgehead atoms. The molecular formula is C23H28Cl2N2O3. The summed E-state index contributed by atoms with van der Waals surface area (Å²) in [5.41, 5.74) is 1.75. The zero-order chi connectivity index (χ0) is 21.8. The van der Waals surface area contributed by atoms with E-state index in [9.17, 15) is 9.59 Å². The second-order valence-corrected chi connectivity index (χ2v) is 9.21. The molecule has 2 heterocycles. The molecule has 1 fully saturated rings. The molecule has 1 aliphatic rings. The second kappa shape index (κ2) is 9.99. The van der Waals surface area contributed by atoms with Crippen LogP contribution in [0.5, 0.6) is 0 Å². The molecule has 1 N–H and O–H groups in total. The number of hydrogen-bond donors (Lipinski definition) is 1. The van der Waals surface area contributed by atoms with Gasteiger partial charge in [0, 0.05) is 19.1 Å². The van der Waals surface area contributed by atoms with Gasteiger partial charge in [-0.2, -0.15) is 0 Å². The highest BCUT2D eigenvalue weighted by Gasteiger charge is 2.27. The summed E-state index contributed by atoms with van der Waals surface area (Å²) in [5, 5.41) is 9.68. The summed E-state index contributed by atoms with van der Waals surface area (Å²) in [6.45, 7) is 6.53. The summed E-state index contributed by atoms with van der Waals surface area (Å²) >= 11 is 12.7. The van der Waals surface area contributed by atoms with Crippen LogP contribution in [-0.2, 0) is 19.5 Å². The highest BCUT2D eigenvalue weighted by atomic mass is 35.5. The number of halogens is 2. The number of pyridine rings is 1. The topological polar surface area (TPSA) is 62.5 Å². The quantitative estimate of drug-likeness (QED) is 0.606. The zero-order valence-corrected chi connectivity index (χ0v) is 18.9. The van der Waals surface area contributed by atoms with Crippen LogP contribution in [0.1, 0.15) is 54.7 Å². The first-order valence-electron chi connectivity index (χ1n) is 10.4. The van der Waals surface area contributed by atoms with Gasteiger partial charge in [0.15, 0.2) is 0 Å². The Kier molecular flexibility index (Phi) is 7.61. The molecule has 0 saturated carbocycles. The average molecular weight is 451 g/mol. The van der Waals surface area contributed by atoms with Gasteiger partial charge < -0.3 is 9.67 Å². The van der Waals surface area contributed by atoms with Crippen LogP contribution in [-0.4, -0.2) is 33.1 Å². The van der Waals surface area contributed by atoms with Crippen LogP contribution >= 0.6 is 23.2 Å². The van der Waals surface area contributed by atoms with E-state index in [1.807, 2.05) is 0 Å². The minimum absolute atomic E-state index is 0.116. The predicted molar refractivity (Wildman–Crippen MR) is 121 cm³/mol. The van der Waals surface area contributed by atoms with Crippen LogP contribution in [0.25, 0.3) is 0 Å². The summed E-state index contributed by atoms with van der Waals surface area (Å²) < 4.78 is 1.68. The molecule has 0 aliphatic carbocycles. The first kappa shape index (κ1) is 22.9. The minimum Gasteiger partial charge on any atom is -0.478 e. The van der Waals surface area contributed by atoms with E-state index < -0.39 is 5.97 Å². The maximum absolute atomic E-state index is 12.8. The molecule has 1 aliphatic heterocycles. The van der Waals surface area contributed by atoms with Gasteiger partial charge in [-0.3, -0.25) is 9.69 Å². The number of hydrogen-bond acceptors (Lipinski definition) is 3. The Bertz CT molecular complexity index is 954. The SMILES string of the molecule is CC(C)C[C@H]1CCCN1Cc1c(Cl)cc(Cl)c(=O)n1CCc1ccc(C(=O)O)cc1. The fourth-order valence-corrected chi connectivity index (χ4v) is 4.73. The number of aryl methyl sites for hydroxylation is 1. The largest absolute Gasteiger partial charge is 0.478 e. The third-order valence-corrected chi connectivity index (χ3v) is 6.32. The van der Waals surface area contributed by atoms with Crippen molar-refractivity contribution in [3.63, 3.8) is 0 Å². The molecule has 0 radical (unpaired) electrons. The number of carboxylic acid groups (broad SMARTS) is 1. The van der Waals surface area contributed by atoms with E-state index in [0.717, 1.165) is 30.6 Å². The summed E-state index contributed by atoms with van der Waals surface area (Å²) in [6, 6.07) is 8.76. The number of benzene rings is 1. The van der Waals surface area contributed by atoms with E-state index in [0.29, 0.717) is 36.5 Å². The predicted octanol–water partition coefficient (Wildman–Crippen LogP) is 5.11. The fraction of sp³-hybridized carbons (Fsp3) is 0.478. The summed E-state index contributed by atoms with van der Waals surface area (Å²) in [5.74, 6) is -0.337. The van der Waals surface area contributed by atoms with Gasteiger partial charge in [-0.15, -0.1) is 0 Å². The zero-order valence-electron chi connectivity index (χ0n) is 17.4. The van der Waals surface area contributed by atoms with E-state index in [4.69, 9.17) is 28.3 Å². The van der Waals surface area contributed by atoms with Crippen molar-refractivity contribution in [3.05, 3.63) is 67.6 Å². The lowest BCUT2D eigenvalue weighted by atomic mass is 10.0. The summed E-state index contributed by atoms with van der Waals surface area (Å²) in [7, 11) is 0. The highest BCUT2D eigenvalue weighted by Crippen LogP contribution is 2.28. The molecule has 1 atom stereocenters. The lowest BCUT2D eigenvalue weighted by Crippen LogP contribution is -2.34. The van der Waals surface area contributed by atoms with Crippen molar-refractivity contribution in [1.82, 2.24) is 9.47 Å². The van der Waals surface area contributed by atoms with E-state index in [-0.39, 0.29) is 16.1 Å². The maximum Gasteiger partial charge on any atom is 0.335 e. The van der Waals surface area contributed by atoms with E-state index in [2.05, 4.69) is 18.7 Å². The van der Waals surface area contributed by atoms with Crippen LogP contribution in [0, 0.1) is 5.92 Å². The Morgan fingerprint density at radius 1 is 1.20 bits per heavy atom. The van der Waals surface area contributed by atoms with Crippen LogP contribution in [0.2, 0.25) is 10.0 Å². The number of rotatable bonds is 8. The number of likely N-dealkylation sites (tertiary alicyclic amines) is 1. The summed E-state index contributed by atoms with van der Waals surface area (Å²) in [4.78, 5) is 26.3. The van der Waals surface area contributed by atoms with Gasteiger partial charge in [0.1, 0.15) is 5.02 Å². The molecule has 5 nitrogen and oxygen atoms in total. The number of carbonyl (C=O) groups is 1. The van der Waals surface area contributed by atoms with Crippen LogP contribution in [0.3, 0.4) is 0 Å². The molecule has 30 heavy (non-hydrogen) atoms. The lowest BCUT2D eigenvalue weighted by Gasteiger charge is -2.27. The third-order valence-electron chi connectivity index (χ3n) is 5.72. The van der Waals surface area contributed by atoms with Gasteiger partial charge in [0.05, 0.1) is 16.3 Å². The molecule has 0 unspecified atom stereocenters. The van der Waals surface area contributed by atoms with E-state index in [1.165, 1.54) is 6.42 Å². The van der Waals surface area contributed by atoms with Crippen molar-refractivity contribution < 1.29 is 9.90 Å². The Hall–Kier alpha value is -1.82. The molecule has 1 saturated heterocycles. The van der Waals surface area contributed by atoms with Gasteiger partial charge in [-0.05, 0) is 61.9 Å².